The molecule has 0 spiro atoms. The number of hydrogen-bond donors (Lipinski definition) is 1. The van der Waals surface area contributed by atoms with Gasteiger partial charge in [0.25, 0.3) is 5.56 Å². The van der Waals surface area contributed by atoms with E-state index in [-0.39, 0.29) is 47.1 Å². The molecule has 5 rings (SSSR count). The molecule has 10 nitrogen and oxygen atoms in total. The molecule has 154 valence electrons. The number of aromatic nitrogens is 6. The van der Waals surface area contributed by atoms with Gasteiger partial charge in [-0.2, -0.15) is 9.97 Å². The van der Waals surface area contributed by atoms with E-state index in [1.165, 1.54) is 27.6 Å². The van der Waals surface area contributed by atoms with E-state index in [1.54, 1.807) is 19.2 Å². The number of nitrogen functional groups attached to an aromatic ring is 1. The van der Waals surface area contributed by atoms with E-state index < -0.39 is 0 Å². The first-order chi connectivity index (χ1) is 14.5. The number of ether oxygens (including phenoxy) is 1. The second kappa shape index (κ2) is 7.02. The van der Waals surface area contributed by atoms with Gasteiger partial charge >= 0.3 is 0 Å². The maximum atomic E-state index is 13.1. The molecule has 0 radical (unpaired) electrons. The Kier molecular flexibility index (Phi) is 4.31. The maximum absolute atomic E-state index is 13.1. The molecule has 4 aromatic rings. The zero-order chi connectivity index (χ0) is 20.8. The van der Waals surface area contributed by atoms with E-state index in [9.17, 15) is 9.18 Å². The van der Waals surface area contributed by atoms with Gasteiger partial charge in [-0.05, 0) is 24.1 Å². The molecule has 4 heterocycles. The first-order valence-corrected chi connectivity index (χ1v) is 9.36. The van der Waals surface area contributed by atoms with Crippen molar-refractivity contribution in [1.29, 1.82) is 0 Å². The smallest absolute Gasteiger partial charge is 0.279 e. The van der Waals surface area contributed by atoms with Crippen LogP contribution < -0.4 is 11.3 Å². The minimum Gasteiger partial charge on any atom is -0.373 e. The quantitative estimate of drug-likeness (QED) is 0.536. The van der Waals surface area contributed by atoms with Gasteiger partial charge in [-0.3, -0.25) is 9.36 Å². The first-order valence-electron chi connectivity index (χ1n) is 9.36. The zero-order valence-electron chi connectivity index (χ0n) is 16.0. The molecule has 30 heavy (non-hydrogen) atoms. The van der Waals surface area contributed by atoms with Crippen molar-refractivity contribution in [3.05, 3.63) is 64.0 Å². The Morgan fingerprint density at radius 2 is 2.07 bits per heavy atom. The van der Waals surface area contributed by atoms with Crippen molar-refractivity contribution < 1.29 is 13.7 Å². The lowest BCUT2D eigenvalue weighted by molar-refractivity contribution is 0.110. The third kappa shape index (κ3) is 3.12. The Balaban J connectivity index is 1.36. The van der Waals surface area contributed by atoms with Crippen LogP contribution in [0.5, 0.6) is 0 Å². The van der Waals surface area contributed by atoms with Crippen molar-refractivity contribution in [2.24, 2.45) is 7.05 Å². The topological polar surface area (TPSA) is 127 Å². The summed E-state index contributed by atoms with van der Waals surface area (Å²) < 4.78 is 27.2. The summed E-state index contributed by atoms with van der Waals surface area (Å²) in [6.45, 7) is 0.535. The van der Waals surface area contributed by atoms with E-state index in [0.29, 0.717) is 24.7 Å². The summed E-state index contributed by atoms with van der Waals surface area (Å²) in [5.41, 5.74) is 7.15. The molecule has 0 amide bonds. The normalized spacial score (nSPS) is 19.0. The number of aryl methyl sites for hydroxylation is 1. The van der Waals surface area contributed by atoms with Gasteiger partial charge in [0.15, 0.2) is 17.0 Å². The van der Waals surface area contributed by atoms with Gasteiger partial charge in [0.1, 0.15) is 12.4 Å². The van der Waals surface area contributed by atoms with Crippen LogP contribution in [0.3, 0.4) is 0 Å². The van der Waals surface area contributed by atoms with Gasteiger partial charge in [-0.1, -0.05) is 17.3 Å². The van der Waals surface area contributed by atoms with Crippen molar-refractivity contribution in [1.82, 2.24) is 29.2 Å². The van der Waals surface area contributed by atoms with Crippen LogP contribution in [0.4, 0.5) is 10.3 Å². The molecule has 2 atom stereocenters. The van der Waals surface area contributed by atoms with Crippen LogP contribution in [0, 0.1) is 5.82 Å². The van der Waals surface area contributed by atoms with E-state index in [0.717, 1.165) is 5.56 Å². The lowest BCUT2D eigenvalue weighted by Crippen LogP contribution is -2.20. The Hall–Kier alpha value is -3.60. The molecule has 1 fully saturated rings. The predicted octanol–water partition coefficient (Wildman–Crippen LogP) is 1.53. The van der Waals surface area contributed by atoms with Crippen molar-refractivity contribution in [3.63, 3.8) is 0 Å². The number of hydrogen-bond acceptors (Lipinski definition) is 8. The van der Waals surface area contributed by atoms with Crippen LogP contribution in [-0.4, -0.2) is 35.8 Å². The number of imidazole rings is 1. The summed E-state index contributed by atoms with van der Waals surface area (Å²) in [7, 11) is 1.60. The highest BCUT2D eigenvalue weighted by Crippen LogP contribution is 2.37. The first kappa shape index (κ1) is 18.4. The molecule has 1 aliphatic rings. The molecule has 1 saturated heterocycles. The minimum atomic E-state index is -0.285. The van der Waals surface area contributed by atoms with Crippen LogP contribution >= 0.6 is 0 Å². The lowest BCUT2D eigenvalue weighted by atomic mass is 10.00. The number of nitrogens with two attached hydrogens (primary N) is 1. The fourth-order valence-corrected chi connectivity index (χ4v) is 3.63. The average molecular weight is 411 g/mol. The Morgan fingerprint density at radius 1 is 1.27 bits per heavy atom. The number of rotatable bonds is 4. The van der Waals surface area contributed by atoms with Gasteiger partial charge in [-0.15, -0.1) is 0 Å². The summed E-state index contributed by atoms with van der Waals surface area (Å²) in [4.78, 5) is 25.2. The third-order valence-corrected chi connectivity index (χ3v) is 5.24. The van der Waals surface area contributed by atoms with Crippen LogP contribution in [-0.2, 0) is 18.3 Å². The number of fused-ring (bicyclic) bond motifs is 1. The van der Waals surface area contributed by atoms with Crippen molar-refractivity contribution in [2.45, 2.75) is 25.0 Å². The number of benzene rings is 1. The van der Waals surface area contributed by atoms with Crippen molar-refractivity contribution in [2.75, 3.05) is 12.3 Å². The van der Waals surface area contributed by atoms with E-state index in [4.69, 9.17) is 15.0 Å². The predicted molar refractivity (Wildman–Crippen MR) is 103 cm³/mol. The Morgan fingerprint density at radius 3 is 2.87 bits per heavy atom. The summed E-state index contributed by atoms with van der Waals surface area (Å²) >= 11 is 0. The standard InChI is InChI=1S/C19H18FN7O3/c1-26-9-22-17-15(18(26)28)27(19(21)24-17)7-14-23-16(25-30-14)11-6-13(29-8-11)10-2-4-12(20)5-3-10/h2-5,9,11,13H,6-8H2,1H3,(H2,21,24). The monoisotopic (exact) mass is 411 g/mol. The van der Waals surface area contributed by atoms with Crippen LogP contribution in [0.25, 0.3) is 11.2 Å². The summed E-state index contributed by atoms with van der Waals surface area (Å²) in [5, 5.41) is 4.07. The van der Waals surface area contributed by atoms with E-state index in [2.05, 4.69) is 20.1 Å². The Bertz CT molecular complexity index is 1280. The number of anilines is 1. The fourth-order valence-electron chi connectivity index (χ4n) is 3.63. The van der Waals surface area contributed by atoms with Crippen molar-refractivity contribution in [3.8, 4) is 0 Å². The molecule has 2 N–H and O–H groups in total. The van der Waals surface area contributed by atoms with Crippen LogP contribution in [0.1, 0.15) is 35.7 Å². The largest absolute Gasteiger partial charge is 0.373 e. The lowest BCUT2D eigenvalue weighted by Gasteiger charge is -2.08. The zero-order valence-corrected chi connectivity index (χ0v) is 16.0. The summed E-state index contributed by atoms with van der Waals surface area (Å²) in [5.74, 6) is 0.619. The van der Waals surface area contributed by atoms with Crippen molar-refractivity contribution >= 4 is 17.1 Å². The van der Waals surface area contributed by atoms with E-state index >= 15 is 0 Å². The number of halogens is 1. The second-order valence-electron chi connectivity index (χ2n) is 7.24. The van der Waals surface area contributed by atoms with Crippen LogP contribution in [0.15, 0.2) is 39.9 Å². The third-order valence-electron chi connectivity index (χ3n) is 5.24. The highest BCUT2D eigenvalue weighted by atomic mass is 19.1. The minimum absolute atomic E-state index is 0.0519. The molecule has 0 bridgehead atoms. The van der Waals surface area contributed by atoms with Gasteiger partial charge < -0.3 is 19.6 Å². The maximum Gasteiger partial charge on any atom is 0.279 e. The molecule has 2 unspecified atom stereocenters. The number of nitrogens with zero attached hydrogens (tertiary/aromatic N) is 6. The van der Waals surface area contributed by atoms with Gasteiger partial charge in [-0.25, -0.2) is 9.37 Å². The van der Waals surface area contributed by atoms with Gasteiger partial charge in [0.05, 0.1) is 19.0 Å². The molecule has 11 heteroatoms. The second-order valence-corrected chi connectivity index (χ2v) is 7.24. The van der Waals surface area contributed by atoms with E-state index in [1.807, 2.05) is 0 Å². The van der Waals surface area contributed by atoms with Gasteiger partial charge in [0, 0.05) is 13.0 Å². The SMILES string of the molecule is Cn1cnc2nc(N)n(Cc3nc(C4COC(c5ccc(F)cc5)C4)no3)c2c1=O. The molecular formula is C19H18FN7O3. The molecule has 0 aliphatic carbocycles. The molecule has 0 saturated carbocycles. The molecule has 3 aromatic heterocycles. The summed E-state index contributed by atoms with van der Waals surface area (Å²) in [6, 6.07) is 6.26. The van der Waals surface area contributed by atoms with Crippen LogP contribution in [0.2, 0.25) is 0 Å². The summed E-state index contributed by atoms with van der Waals surface area (Å²) in [6.07, 6.45) is 1.90. The van der Waals surface area contributed by atoms with Gasteiger partial charge in [0.2, 0.25) is 11.8 Å². The average Bonchev–Trinajstić information content (AvgIpc) is 3.45. The highest BCUT2D eigenvalue weighted by Gasteiger charge is 2.31. The molecule has 1 aromatic carbocycles. The fraction of sp³-hybridized carbons (Fsp3) is 0.316. The molecule has 1 aliphatic heterocycles. The Labute approximate surface area is 169 Å². The highest BCUT2D eigenvalue weighted by molar-refractivity contribution is 5.73. The molecular weight excluding hydrogens is 393 g/mol.